The maximum Gasteiger partial charge on any atom is 0.147 e. The van der Waals surface area contributed by atoms with Crippen LogP contribution in [0.1, 0.15) is 32.6 Å². The Morgan fingerprint density at radius 1 is 1.53 bits per heavy atom. The Kier molecular flexibility index (Phi) is 3.41. The van der Waals surface area contributed by atoms with E-state index >= 15 is 0 Å². The van der Waals surface area contributed by atoms with Crippen LogP contribution in [-0.4, -0.2) is 27.2 Å². The highest BCUT2D eigenvalue weighted by Gasteiger charge is 2.35. The van der Waals surface area contributed by atoms with E-state index in [0.717, 1.165) is 35.3 Å². The van der Waals surface area contributed by atoms with E-state index in [-0.39, 0.29) is 12.1 Å². The van der Waals surface area contributed by atoms with Gasteiger partial charge in [0.25, 0.3) is 0 Å². The fourth-order valence-electron chi connectivity index (χ4n) is 3.09. The fourth-order valence-corrected chi connectivity index (χ4v) is 3.88. The van der Waals surface area contributed by atoms with Crippen LogP contribution in [0.15, 0.2) is 17.8 Å². The highest BCUT2D eigenvalue weighted by molar-refractivity contribution is 7.17. The van der Waals surface area contributed by atoms with Crippen LogP contribution in [0.4, 0.5) is 5.82 Å². The van der Waals surface area contributed by atoms with Crippen molar-refractivity contribution in [2.24, 2.45) is 5.92 Å². The number of fused-ring (bicyclic) bond motifs is 1. The highest BCUT2D eigenvalue weighted by Crippen LogP contribution is 2.36. The Hall–Kier alpha value is -1.20. The summed E-state index contributed by atoms with van der Waals surface area (Å²) >= 11 is 1.64. The van der Waals surface area contributed by atoms with Crippen LogP contribution < -0.4 is 5.32 Å². The molecule has 2 aromatic heterocycles. The molecule has 1 aliphatic carbocycles. The van der Waals surface area contributed by atoms with E-state index in [1.165, 1.54) is 6.42 Å². The lowest BCUT2D eigenvalue weighted by Crippen LogP contribution is -2.46. The normalized spacial score (nSPS) is 27.6. The molecule has 2 atom stereocenters. The van der Waals surface area contributed by atoms with E-state index in [9.17, 15) is 5.11 Å². The van der Waals surface area contributed by atoms with Crippen molar-refractivity contribution in [1.29, 1.82) is 0 Å². The molecule has 2 aromatic rings. The third-order valence-electron chi connectivity index (χ3n) is 4.02. The molecule has 1 fully saturated rings. The zero-order valence-corrected chi connectivity index (χ0v) is 11.9. The van der Waals surface area contributed by atoms with Gasteiger partial charge in [-0.1, -0.05) is 19.8 Å². The largest absolute Gasteiger partial charge is 0.394 e. The molecule has 2 N–H and O–H groups in total. The van der Waals surface area contributed by atoms with Crippen molar-refractivity contribution in [1.82, 2.24) is 9.97 Å². The Bertz CT molecular complexity index is 571. The fraction of sp³-hybridized carbons (Fsp3) is 0.571. The van der Waals surface area contributed by atoms with Gasteiger partial charge in [-0.05, 0) is 30.2 Å². The van der Waals surface area contributed by atoms with Crippen molar-refractivity contribution >= 4 is 27.4 Å². The maximum atomic E-state index is 9.84. The summed E-state index contributed by atoms with van der Waals surface area (Å²) in [5.41, 5.74) is 0.752. The number of thiophene rings is 1. The number of hydrogen-bond acceptors (Lipinski definition) is 5. The number of rotatable bonds is 3. The van der Waals surface area contributed by atoms with Crippen LogP contribution in [0, 0.1) is 5.92 Å². The van der Waals surface area contributed by atoms with Crippen molar-refractivity contribution in [2.75, 3.05) is 11.9 Å². The third-order valence-corrected chi connectivity index (χ3v) is 4.93. The maximum absolute atomic E-state index is 9.84. The monoisotopic (exact) mass is 277 g/mol. The Morgan fingerprint density at radius 3 is 3.21 bits per heavy atom. The molecule has 19 heavy (non-hydrogen) atoms. The van der Waals surface area contributed by atoms with Gasteiger partial charge in [-0.2, -0.15) is 0 Å². The molecule has 1 aliphatic rings. The molecule has 102 valence electrons. The molecule has 0 bridgehead atoms. The van der Waals surface area contributed by atoms with Gasteiger partial charge in [0.2, 0.25) is 0 Å². The lowest BCUT2D eigenvalue weighted by Gasteiger charge is -2.39. The SMILES string of the molecule is CC1CCCC(CO)(Nc2ncnc3ccsc23)C1. The summed E-state index contributed by atoms with van der Waals surface area (Å²) in [5.74, 6) is 1.51. The summed E-state index contributed by atoms with van der Waals surface area (Å²) in [4.78, 5) is 8.62. The summed E-state index contributed by atoms with van der Waals surface area (Å²) < 4.78 is 1.08. The van der Waals surface area contributed by atoms with Crippen LogP contribution in [0.5, 0.6) is 0 Å². The second kappa shape index (κ2) is 5.06. The zero-order chi connectivity index (χ0) is 13.3. The van der Waals surface area contributed by atoms with Crippen LogP contribution in [-0.2, 0) is 0 Å². The van der Waals surface area contributed by atoms with Crippen LogP contribution in [0.25, 0.3) is 10.2 Å². The van der Waals surface area contributed by atoms with Crippen LogP contribution in [0.2, 0.25) is 0 Å². The minimum absolute atomic E-state index is 0.161. The topological polar surface area (TPSA) is 58.0 Å². The van der Waals surface area contributed by atoms with E-state index in [1.54, 1.807) is 17.7 Å². The van der Waals surface area contributed by atoms with Gasteiger partial charge < -0.3 is 10.4 Å². The summed E-state index contributed by atoms with van der Waals surface area (Å²) in [7, 11) is 0. The van der Waals surface area contributed by atoms with Crippen molar-refractivity contribution in [3.8, 4) is 0 Å². The van der Waals surface area contributed by atoms with Gasteiger partial charge in [0.05, 0.1) is 22.4 Å². The Morgan fingerprint density at radius 2 is 2.42 bits per heavy atom. The lowest BCUT2D eigenvalue weighted by molar-refractivity contribution is 0.149. The highest BCUT2D eigenvalue weighted by atomic mass is 32.1. The van der Waals surface area contributed by atoms with Crippen molar-refractivity contribution in [3.05, 3.63) is 17.8 Å². The molecule has 4 nitrogen and oxygen atoms in total. The van der Waals surface area contributed by atoms with Gasteiger partial charge in [0, 0.05) is 0 Å². The van der Waals surface area contributed by atoms with Crippen LogP contribution >= 0.6 is 11.3 Å². The van der Waals surface area contributed by atoms with E-state index in [0.29, 0.717) is 5.92 Å². The van der Waals surface area contributed by atoms with Crippen LogP contribution in [0.3, 0.4) is 0 Å². The summed E-state index contributed by atoms with van der Waals surface area (Å²) in [6.45, 7) is 2.42. The molecule has 0 aliphatic heterocycles. The van der Waals surface area contributed by atoms with E-state index in [1.807, 2.05) is 11.4 Å². The molecular weight excluding hydrogens is 258 g/mol. The number of aliphatic hydroxyl groups is 1. The minimum atomic E-state index is -0.219. The number of nitrogens with zero attached hydrogens (tertiary/aromatic N) is 2. The van der Waals surface area contributed by atoms with E-state index < -0.39 is 0 Å². The van der Waals surface area contributed by atoms with Crippen molar-refractivity contribution in [2.45, 2.75) is 38.1 Å². The minimum Gasteiger partial charge on any atom is -0.394 e. The quantitative estimate of drug-likeness (QED) is 0.905. The smallest absolute Gasteiger partial charge is 0.147 e. The zero-order valence-electron chi connectivity index (χ0n) is 11.1. The molecule has 2 unspecified atom stereocenters. The molecule has 0 aromatic carbocycles. The Balaban J connectivity index is 1.92. The third kappa shape index (κ3) is 2.44. The average Bonchev–Trinajstić information content (AvgIpc) is 2.88. The summed E-state index contributed by atoms with van der Waals surface area (Å²) in [6, 6.07) is 2.00. The molecular formula is C14H19N3OS. The number of anilines is 1. The Labute approximate surface area is 116 Å². The molecule has 0 saturated heterocycles. The van der Waals surface area contributed by atoms with Gasteiger partial charge in [-0.25, -0.2) is 9.97 Å². The molecule has 1 saturated carbocycles. The second-order valence-electron chi connectivity index (χ2n) is 5.62. The van der Waals surface area contributed by atoms with Gasteiger partial charge >= 0.3 is 0 Å². The summed E-state index contributed by atoms with van der Waals surface area (Å²) in [6.07, 6.45) is 6.01. The van der Waals surface area contributed by atoms with Gasteiger partial charge in [0.15, 0.2) is 0 Å². The number of nitrogens with one attached hydrogen (secondary N) is 1. The number of hydrogen-bond donors (Lipinski definition) is 2. The first-order valence-electron chi connectivity index (χ1n) is 6.80. The first-order chi connectivity index (χ1) is 9.22. The number of aliphatic hydroxyl groups excluding tert-OH is 1. The molecule has 0 radical (unpaired) electrons. The first-order valence-corrected chi connectivity index (χ1v) is 7.68. The van der Waals surface area contributed by atoms with E-state index in [2.05, 4.69) is 22.2 Å². The van der Waals surface area contributed by atoms with Gasteiger partial charge in [-0.15, -0.1) is 11.3 Å². The predicted octanol–water partition coefficient (Wildman–Crippen LogP) is 3.04. The molecule has 2 heterocycles. The summed E-state index contributed by atoms with van der Waals surface area (Å²) in [5, 5.41) is 15.4. The lowest BCUT2D eigenvalue weighted by atomic mass is 9.77. The van der Waals surface area contributed by atoms with Crippen molar-refractivity contribution in [3.63, 3.8) is 0 Å². The average molecular weight is 277 g/mol. The molecule has 0 amide bonds. The predicted molar refractivity (Wildman–Crippen MR) is 78.5 cm³/mol. The standard InChI is InChI=1S/C14H19N3OS/c1-10-3-2-5-14(7-10,8-18)17-13-12-11(4-6-19-12)15-9-16-13/h4,6,9-10,18H,2-3,5,7-8H2,1H3,(H,15,16,17). The molecule has 0 spiro atoms. The van der Waals surface area contributed by atoms with Gasteiger partial charge in [0.1, 0.15) is 12.1 Å². The molecule has 5 heteroatoms. The van der Waals surface area contributed by atoms with Gasteiger partial charge in [-0.3, -0.25) is 0 Å². The second-order valence-corrected chi connectivity index (χ2v) is 6.54. The first kappa shape index (κ1) is 12.8. The van der Waals surface area contributed by atoms with E-state index in [4.69, 9.17) is 0 Å². The van der Waals surface area contributed by atoms with Crippen molar-refractivity contribution < 1.29 is 5.11 Å². The number of aromatic nitrogens is 2. The molecule has 3 rings (SSSR count).